The molecule has 0 bridgehead atoms. The van der Waals surface area contributed by atoms with E-state index in [1.807, 2.05) is 27.7 Å². The van der Waals surface area contributed by atoms with Crippen molar-refractivity contribution >= 4 is 0 Å². The van der Waals surface area contributed by atoms with E-state index in [-0.39, 0.29) is 18.3 Å². The Labute approximate surface area is 56.8 Å². The van der Waals surface area contributed by atoms with E-state index in [0.717, 1.165) is 0 Å². The van der Waals surface area contributed by atoms with Crippen LogP contribution in [0.15, 0.2) is 0 Å². The van der Waals surface area contributed by atoms with Crippen molar-refractivity contribution in [1.82, 2.24) is 0 Å². The van der Waals surface area contributed by atoms with Crippen LogP contribution in [-0.4, -0.2) is 23.4 Å². The Hall–Kier alpha value is -0.0800. The van der Waals surface area contributed by atoms with Crippen molar-refractivity contribution in [1.29, 1.82) is 0 Å². The molecule has 0 aliphatic heterocycles. The summed E-state index contributed by atoms with van der Waals surface area (Å²) in [7, 11) is 0. The molecule has 2 heteroatoms. The highest BCUT2D eigenvalue weighted by Crippen LogP contribution is 2.09. The molecule has 1 N–H and O–H groups in total. The Morgan fingerprint density at radius 1 is 1.44 bits per heavy atom. The Kier molecular flexibility index (Phi) is 3.15. The van der Waals surface area contributed by atoms with Crippen LogP contribution in [0.25, 0.3) is 0 Å². The van der Waals surface area contributed by atoms with Crippen LogP contribution >= 0.6 is 0 Å². The fraction of sp³-hybridized carbons (Fsp3) is 1.00. The summed E-state index contributed by atoms with van der Waals surface area (Å²) in [6.45, 7) is 7.86. The molecule has 0 aromatic carbocycles. The van der Waals surface area contributed by atoms with Crippen LogP contribution in [0.3, 0.4) is 0 Å². The zero-order valence-electron chi connectivity index (χ0n) is 6.64. The first-order valence-electron chi connectivity index (χ1n) is 3.24. The fourth-order valence-electron chi connectivity index (χ4n) is 0.641. The lowest BCUT2D eigenvalue weighted by Gasteiger charge is -2.23. The van der Waals surface area contributed by atoms with Gasteiger partial charge in [0.2, 0.25) is 0 Å². The second-order valence-electron chi connectivity index (χ2n) is 3.22. The van der Waals surface area contributed by atoms with Crippen molar-refractivity contribution in [3.63, 3.8) is 0 Å². The van der Waals surface area contributed by atoms with E-state index < -0.39 is 0 Å². The minimum absolute atomic E-state index is 0.0509. The average molecular weight is 132 g/mol. The summed E-state index contributed by atoms with van der Waals surface area (Å²) in [4.78, 5) is 0. The summed E-state index contributed by atoms with van der Waals surface area (Å²) in [5.41, 5.74) is -0.137. The molecule has 0 saturated carbocycles. The highest BCUT2D eigenvalue weighted by molar-refractivity contribution is 4.61. The van der Waals surface area contributed by atoms with Crippen molar-refractivity contribution in [3.8, 4) is 0 Å². The molecule has 1 unspecified atom stereocenters. The van der Waals surface area contributed by atoms with Gasteiger partial charge in [-0.1, -0.05) is 0 Å². The van der Waals surface area contributed by atoms with Gasteiger partial charge >= 0.3 is 0 Å². The van der Waals surface area contributed by atoms with Crippen LogP contribution in [0.5, 0.6) is 0 Å². The zero-order chi connectivity index (χ0) is 7.49. The van der Waals surface area contributed by atoms with Gasteiger partial charge in [-0.05, 0) is 27.7 Å². The molecule has 0 rings (SSSR count). The number of ether oxygens (including phenoxy) is 1. The Balaban J connectivity index is 3.47. The molecular formula is C7H16O2. The van der Waals surface area contributed by atoms with E-state index in [9.17, 15) is 0 Å². The first kappa shape index (κ1) is 8.92. The van der Waals surface area contributed by atoms with Gasteiger partial charge in [0.25, 0.3) is 0 Å². The first-order valence-corrected chi connectivity index (χ1v) is 3.24. The lowest BCUT2D eigenvalue weighted by Crippen LogP contribution is -2.27. The minimum Gasteiger partial charge on any atom is -0.394 e. The molecule has 2 nitrogen and oxygen atoms in total. The van der Waals surface area contributed by atoms with E-state index in [1.165, 1.54) is 0 Å². The number of hydrogen-bond donors (Lipinski definition) is 1. The molecular weight excluding hydrogens is 116 g/mol. The monoisotopic (exact) mass is 132 g/mol. The maximum Gasteiger partial charge on any atom is 0.0784 e. The molecule has 0 heterocycles. The summed E-state index contributed by atoms with van der Waals surface area (Å²) >= 11 is 0. The van der Waals surface area contributed by atoms with Crippen molar-refractivity contribution in [3.05, 3.63) is 0 Å². The Morgan fingerprint density at radius 3 is 2.00 bits per heavy atom. The molecule has 0 aliphatic rings. The lowest BCUT2D eigenvalue weighted by atomic mass is 10.2. The number of aliphatic hydroxyl groups excluding tert-OH is 1. The normalized spacial score (nSPS) is 15.7. The van der Waals surface area contributed by atoms with Crippen LogP contribution in [0, 0.1) is 0 Å². The van der Waals surface area contributed by atoms with E-state index in [4.69, 9.17) is 9.84 Å². The van der Waals surface area contributed by atoms with E-state index in [0.29, 0.717) is 0 Å². The fourth-order valence-corrected chi connectivity index (χ4v) is 0.641. The number of hydrogen-bond acceptors (Lipinski definition) is 2. The quantitative estimate of drug-likeness (QED) is 0.611. The predicted octanol–water partition coefficient (Wildman–Crippen LogP) is 1.18. The zero-order valence-corrected chi connectivity index (χ0v) is 6.64. The molecule has 0 radical (unpaired) electrons. The minimum atomic E-state index is -0.137. The molecule has 0 amide bonds. The van der Waals surface area contributed by atoms with Gasteiger partial charge in [0, 0.05) is 0 Å². The van der Waals surface area contributed by atoms with Crippen molar-refractivity contribution in [2.45, 2.75) is 39.4 Å². The molecule has 0 aromatic heterocycles. The van der Waals surface area contributed by atoms with Gasteiger partial charge in [-0.2, -0.15) is 0 Å². The van der Waals surface area contributed by atoms with Crippen LogP contribution in [0.2, 0.25) is 0 Å². The van der Waals surface area contributed by atoms with Gasteiger partial charge in [0.1, 0.15) is 0 Å². The van der Waals surface area contributed by atoms with Crippen molar-refractivity contribution in [2.75, 3.05) is 6.61 Å². The molecule has 0 fully saturated rings. The Bertz CT molecular complexity index is 73.5. The van der Waals surface area contributed by atoms with Crippen LogP contribution in [0.1, 0.15) is 27.7 Å². The lowest BCUT2D eigenvalue weighted by molar-refractivity contribution is -0.0709. The number of rotatable bonds is 2. The number of aliphatic hydroxyl groups is 1. The highest BCUT2D eigenvalue weighted by Gasteiger charge is 2.13. The summed E-state index contributed by atoms with van der Waals surface area (Å²) < 4.78 is 5.34. The second kappa shape index (κ2) is 3.18. The summed E-state index contributed by atoms with van der Waals surface area (Å²) in [6.07, 6.45) is -0.0509. The SMILES string of the molecule is CC(CO)OC(C)(C)C. The molecule has 1 atom stereocenters. The van der Waals surface area contributed by atoms with Gasteiger partial charge in [-0.3, -0.25) is 0 Å². The van der Waals surface area contributed by atoms with Gasteiger partial charge in [0.15, 0.2) is 0 Å². The summed E-state index contributed by atoms with van der Waals surface area (Å²) in [5, 5.41) is 8.57. The average Bonchev–Trinajstić information content (AvgIpc) is 1.62. The van der Waals surface area contributed by atoms with Crippen LogP contribution in [0.4, 0.5) is 0 Å². The van der Waals surface area contributed by atoms with Gasteiger partial charge in [0.05, 0.1) is 18.3 Å². The standard InChI is InChI=1S/C7H16O2/c1-6(5-8)9-7(2,3)4/h6,8H,5H2,1-4H3. The van der Waals surface area contributed by atoms with Crippen LogP contribution in [-0.2, 0) is 4.74 Å². The maximum absolute atomic E-state index is 8.57. The maximum atomic E-state index is 8.57. The summed E-state index contributed by atoms with van der Waals surface area (Å²) in [6, 6.07) is 0. The third-order valence-corrected chi connectivity index (χ3v) is 0.812. The van der Waals surface area contributed by atoms with E-state index in [1.54, 1.807) is 0 Å². The molecule has 0 aromatic rings. The molecule has 9 heavy (non-hydrogen) atoms. The largest absolute Gasteiger partial charge is 0.394 e. The predicted molar refractivity (Wildman–Crippen MR) is 37.4 cm³/mol. The smallest absolute Gasteiger partial charge is 0.0784 e. The molecule has 56 valence electrons. The van der Waals surface area contributed by atoms with E-state index in [2.05, 4.69) is 0 Å². The third-order valence-electron chi connectivity index (χ3n) is 0.812. The third kappa shape index (κ3) is 5.80. The first-order chi connectivity index (χ1) is 3.95. The second-order valence-corrected chi connectivity index (χ2v) is 3.22. The van der Waals surface area contributed by atoms with Gasteiger partial charge in [-0.25, -0.2) is 0 Å². The topological polar surface area (TPSA) is 29.5 Å². The van der Waals surface area contributed by atoms with Crippen LogP contribution < -0.4 is 0 Å². The van der Waals surface area contributed by atoms with Crippen molar-refractivity contribution < 1.29 is 9.84 Å². The van der Waals surface area contributed by atoms with Gasteiger partial charge in [-0.15, -0.1) is 0 Å². The molecule has 0 saturated heterocycles. The summed E-state index contributed by atoms with van der Waals surface area (Å²) in [5.74, 6) is 0. The van der Waals surface area contributed by atoms with E-state index >= 15 is 0 Å². The van der Waals surface area contributed by atoms with Gasteiger partial charge < -0.3 is 9.84 Å². The van der Waals surface area contributed by atoms with Crippen molar-refractivity contribution in [2.24, 2.45) is 0 Å². The highest BCUT2D eigenvalue weighted by atomic mass is 16.5. The molecule has 0 aliphatic carbocycles. The molecule has 0 spiro atoms. The Morgan fingerprint density at radius 2 is 1.89 bits per heavy atom.